The van der Waals surface area contributed by atoms with Crippen molar-refractivity contribution in [3.63, 3.8) is 0 Å². The molecule has 0 fully saturated rings. The van der Waals surface area contributed by atoms with Gasteiger partial charge in [-0.3, -0.25) is 19.5 Å². The molecule has 5 nitrogen and oxygen atoms in total. The first-order chi connectivity index (χ1) is 13.6. The summed E-state index contributed by atoms with van der Waals surface area (Å²) in [4.78, 5) is 31.5. The molecular formula is C22H16FN3O2. The Kier molecular flexibility index (Phi) is 4.68. The lowest BCUT2D eigenvalue weighted by molar-refractivity contribution is -0.137. The number of anilines is 1. The molecule has 0 aliphatic carbocycles. The number of carbonyl (C=O) groups is 2. The maximum Gasteiger partial charge on any atom is 0.278 e. The molecule has 0 saturated carbocycles. The fourth-order valence-electron chi connectivity index (χ4n) is 3.04. The number of carbonyl (C=O) groups excluding carboxylic acids is 2. The second kappa shape index (κ2) is 7.44. The van der Waals surface area contributed by atoms with Crippen LogP contribution in [0.2, 0.25) is 0 Å². The number of amides is 2. The van der Waals surface area contributed by atoms with E-state index in [4.69, 9.17) is 0 Å². The number of halogens is 1. The van der Waals surface area contributed by atoms with Gasteiger partial charge in [0.15, 0.2) is 0 Å². The minimum atomic E-state index is -0.446. The van der Waals surface area contributed by atoms with Gasteiger partial charge >= 0.3 is 0 Å². The van der Waals surface area contributed by atoms with Gasteiger partial charge in [-0.05, 0) is 42.0 Å². The first-order valence-corrected chi connectivity index (χ1v) is 8.72. The fraction of sp³-hybridized carbons (Fsp3) is 0.0455. The first-order valence-electron chi connectivity index (χ1n) is 8.72. The Morgan fingerprint density at radius 3 is 2.25 bits per heavy atom. The zero-order chi connectivity index (χ0) is 19.5. The number of rotatable bonds is 5. The number of hydrogen-bond acceptors (Lipinski definition) is 4. The summed E-state index contributed by atoms with van der Waals surface area (Å²) in [5, 5.41) is 2.99. The van der Waals surface area contributed by atoms with Crippen LogP contribution in [0.1, 0.15) is 11.3 Å². The molecule has 2 aromatic carbocycles. The van der Waals surface area contributed by atoms with Crippen molar-refractivity contribution in [1.29, 1.82) is 0 Å². The SMILES string of the molecule is O=C1C(Nc2ccc(F)cc2)=C(c2ccccc2)C(=O)N1Cc1ccccn1. The van der Waals surface area contributed by atoms with E-state index < -0.39 is 11.8 Å². The van der Waals surface area contributed by atoms with Crippen molar-refractivity contribution in [1.82, 2.24) is 9.88 Å². The van der Waals surface area contributed by atoms with Crippen molar-refractivity contribution in [3.8, 4) is 0 Å². The third-order valence-corrected chi connectivity index (χ3v) is 4.39. The van der Waals surface area contributed by atoms with E-state index in [2.05, 4.69) is 10.3 Å². The van der Waals surface area contributed by atoms with E-state index in [9.17, 15) is 14.0 Å². The minimum Gasteiger partial charge on any atom is -0.350 e. The Morgan fingerprint density at radius 2 is 1.57 bits per heavy atom. The molecule has 0 unspecified atom stereocenters. The molecule has 0 bridgehead atoms. The number of nitrogens with zero attached hydrogens (tertiary/aromatic N) is 2. The predicted molar refractivity (Wildman–Crippen MR) is 103 cm³/mol. The summed E-state index contributed by atoms with van der Waals surface area (Å²) in [5.41, 5.74) is 2.21. The lowest BCUT2D eigenvalue weighted by Crippen LogP contribution is -2.32. The first kappa shape index (κ1) is 17.6. The average molecular weight is 373 g/mol. The second-order valence-corrected chi connectivity index (χ2v) is 6.27. The molecule has 0 spiro atoms. The van der Waals surface area contributed by atoms with Gasteiger partial charge in [0.2, 0.25) is 0 Å². The van der Waals surface area contributed by atoms with Crippen LogP contribution in [-0.2, 0) is 16.1 Å². The normalized spacial score (nSPS) is 14.0. The lowest BCUT2D eigenvalue weighted by Gasteiger charge is -2.14. The Hall–Kier alpha value is -3.80. The van der Waals surface area contributed by atoms with Crippen molar-refractivity contribution in [2.75, 3.05) is 5.32 Å². The van der Waals surface area contributed by atoms with Crippen molar-refractivity contribution < 1.29 is 14.0 Å². The standard InChI is InChI=1S/C22H16FN3O2/c23-16-9-11-17(12-10-16)25-20-19(15-6-2-1-3-7-15)21(27)26(22(20)28)14-18-8-4-5-13-24-18/h1-13,25H,14H2. The van der Waals surface area contributed by atoms with Gasteiger partial charge in [-0.15, -0.1) is 0 Å². The molecule has 0 radical (unpaired) electrons. The maximum absolute atomic E-state index is 13.2. The van der Waals surface area contributed by atoms with Gasteiger partial charge in [0, 0.05) is 11.9 Å². The van der Waals surface area contributed by atoms with Crippen LogP contribution in [0.25, 0.3) is 5.57 Å². The average Bonchev–Trinajstić information content (AvgIpc) is 2.95. The summed E-state index contributed by atoms with van der Waals surface area (Å²) in [6.45, 7) is 0.0729. The molecule has 0 atom stereocenters. The van der Waals surface area contributed by atoms with Crippen LogP contribution in [0, 0.1) is 5.82 Å². The van der Waals surface area contributed by atoms with Crippen LogP contribution >= 0.6 is 0 Å². The van der Waals surface area contributed by atoms with Gasteiger partial charge in [0.1, 0.15) is 11.5 Å². The number of nitrogens with one attached hydrogen (secondary N) is 1. The van der Waals surface area contributed by atoms with E-state index in [1.165, 1.54) is 24.3 Å². The smallest absolute Gasteiger partial charge is 0.278 e. The zero-order valence-electron chi connectivity index (χ0n) is 14.8. The molecule has 0 saturated heterocycles. The number of hydrogen-bond donors (Lipinski definition) is 1. The molecule has 2 amide bonds. The van der Waals surface area contributed by atoms with Gasteiger partial charge in [-0.1, -0.05) is 36.4 Å². The van der Waals surface area contributed by atoms with Crippen molar-refractivity contribution in [2.45, 2.75) is 6.54 Å². The molecule has 2 heterocycles. The Balaban J connectivity index is 1.73. The van der Waals surface area contributed by atoms with E-state index in [0.29, 0.717) is 16.9 Å². The van der Waals surface area contributed by atoms with E-state index in [1.54, 1.807) is 48.7 Å². The van der Waals surface area contributed by atoms with Crippen molar-refractivity contribution in [3.05, 3.63) is 102 Å². The minimum absolute atomic E-state index is 0.0729. The van der Waals surface area contributed by atoms with E-state index in [-0.39, 0.29) is 23.6 Å². The van der Waals surface area contributed by atoms with Gasteiger partial charge in [0.25, 0.3) is 11.8 Å². The van der Waals surface area contributed by atoms with Gasteiger partial charge < -0.3 is 5.32 Å². The molecule has 28 heavy (non-hydrogen) atoms. The summed E-state index contributed by atoms with van der Waals surface area (Å²) in [7, 11) is 0. The molecule has 138 valence electrons. The van der Waals surface area contributed by atoms with Gasteiger partial charge in [-0.25, -0.2) is 4.39 Å². The largest absolute Gasteiger partial charge is 0.350 e. The Morgan fingerprint density at radius 1 is 0.857 bits per heavy atom. The quantitative estimate of drug-likeness (QED) is 0.694. The van der Waals surface area contributed by atoms with Crippen LogP contribution in [0.15, 0.2) is 84.7 Å². The van der Waals surface area contributed by atoms with E-state index in [1.807, 2.05) is 6.07 Å². The summed E-state index contributed by atoms with van der Waals surface area (Å²) < 4.78 is 13.2. The topological polar surface area (TPSA) is 62.3 Å². The predicted octanol–water partition coefficient (Wildman–Crippen LogP) is 3.61. The number of pyridine rings is 1. The monoisotopic (exact) mass is 373 g/mol. The molecule has 1 aliphatic heterocycles. The Bertz CT molecular complexity index is 1050. The highest BCUT2D eigenvalue weighted by Gasteiger charge is 2.39. The summed E-state index contributed by atoms with van der Waals surface area (Å²) in [5.74, 6) is -1.22. The molecule has 1 aliphatic rings. The number of imide groups is 1. The van der Waals surface area contributed by atoms with Crippen molar-refractivity contribution >= 4 is 23.1 Å². The fourth-order valence-corrected chi connectivity index (χ4v) is 3.04. The molecule has 1 N–H and O–H groups in total. The number of aromatic nitrogens is 1. The zero-order valence-corrected chi connectivity index (χ0v) is 14.8. The Labute approximate surface area is 161 Å². The molecule has 4 rings (SSSR count). The highest BCUT2D eigenvalue weighted by atomic mass is 19.1. The molecule has 3 aromatic rings. The van der Waals surface area contributed by atoms with Gasteiger partial charge in [-0.2, -0.15) is 0 Å². The van der Waals surface area contributed by atoms with Crippen LogP contribution in [0.3, 0.4) is 0 Å². The highest BCUT2D eigenvalue weighted by Crippen LogP contribution is 2.31. The second-order valence-electron chi connectivity index (χ2n) is 6.27. The maximum atomic E-state index is 13.2. The van der Waals surface area contributed by atoms with Gasteiger partial charge in [0.05, 0.1) is 17.8 Å². The molecular weight excluding hydrogens is 357 g/mol. The van der Waals surface area contributed by atoms with Crippen LogP contribution in [0.5, 0.6) is 0 Å². The third-order valence-electron chi connectivity index (χ3n) is 4.39. The van der Waals surface area contributed by atoms with Crippen molar-refractivity contribution in [2.24, 2.45) is 0 Å². The van der Waals surface area contributed by atoms with Crippen LogP contribution in [-0.4, -0.2) is 21.7 Å². The molecule has 1 aromatic heterocycles. The number of benzene rings is 2. The summed E-state index contributed by atoms with van der Waals surface area (Å²) in [6, 6.07) is 19.9. The molecule has 6 heteroatoms. The van der Waals surface area contributed by atoms with Crippen LogP contribution < -0.4 is 5.32 Å². The summed E-state index contributed by atoms with van der Waals surface area (Å²) in [6.07, 6.45) is 1.61. The summed E-state index contributed by atoms with van der Waals surface area (Å²) >= 11 is 0. The van der Waals surface area contributed by atoms with Crippen LogP contribution in [0.4, 0.5) is 10.1 Å². The van der Waals surface area contributed by atoms with E-state index >= 15 is 0 Å². The van der Waals surface area contributed by atoms with E-state index in [0.717, 1.165) is 4.90 Å². The lowest BCUT2D eigenvalue weighted by atomic mass is 10.0. The highest BCUT2D eigenvalue weighted by molar-refractivity contribution is 6.36. The third kappa shape index (κ3) is 3.40.